The molecule has 4 rings (SSSR count). The number of carboxylic acid groups (broad SMARTS) is 1. The summed E-state index contributed by atoms with van der Waals surface area (Å²) in [4.78, 5) is 41.9. The van der Waals surface area contributed by atoms with E-state index in [4.69, 9.17) is 14.4 Å². The number of rotatable bonds is 3. The van der Waals surface area contributed by atoms with Crippen LogP contribution in [0.4, 0.5) is 18.0 Å². The summed E-state index contributed by atoms with van der Waals surface area (Å²) in [5, 5.41) is 16.7. The molecule has 0 unspecified atom stereocenters. The highest BCUT2D eigenvalue weighted by Crippen LogP contribution is 2.28. The van der Waals surface area contributed by atoms with E-state index in [2.05, 4.69) is 25.8 Å². The Labute approximate surface area is 172 Å². The lowest BCUT2D eigenvalue weighted by atomic mass is 9.95. The highest BCUT2D eigenvalue weighted by atomic mass is 19.4. The molecule has 0 aliphatic carbocycles. The van der Waals surface area contributed by atoms with Gasteiger partial charge in [-0.2, -0.15) is 18.2 Å². The number of imide groups is 1. The minimum atomic E-state index is -5.08. The topological polar surface area (TPSA) is 151 Å². The molecule has 11 nitrogen and oxygen atoms in total. The van der Waals surface area contributed by atoms with Crippen molar-refractivity contribution in [1.29, 1.82) is 0 Å². The van der Waals surface area contributed by atoms with E-state index in [1.807, 2.05) is 13.1 Å². The van der Waals surface area contributed by atoms with Gasteiger partial charge in [0.2, 0.25) is 17.6 Å². The molecular formula is C17H17F3N6O5. The van der Waals surface area contributed by atoms with Crippen LogP contribution in [0, 0.1) is 6.92 Å². The van der Waals surface area contributed by atoms with Gasteiger partial charge < -0.3 is 19.8 Å². The number of nitrogens with one attached hydrogen (secondary N) is 2. The molecule has 14 heteroatoms. The van der Waals surface area contributed by atoms with Crippen molar-refractivity contribution in [2.75, 3.05) is 13.1 Å². The first kappa shape index (κ1) is 22.1. The van der Waals surface area contributed by atoms with Gasteiger partial charge in [0.1, 0.15) is 13.1 Å². The molecule has 31 heavy (non-hydrogen) atoms. The number of amides is 3. The number of carbonyl (C=O) groups is 3. The van der Waals surface area contributed by atoms with Crippen molar-refractivity contribution in [1.82, 2.24) is 30.7 Å². The van der Waals surface area contributed by atoms with Crippen molar-refractivity contribution in [3.05, 3.63) is 28.9 Å². The fourth-order valence-corrected chi connectivity index (χ4v) is 3.06. The molecule has 0 aromatic carbocycles. The highest BCUT2D eigenvalue weighted by molar-refractivity contribution is 6.01. The third kappa shape index (κ3) is 5.14. The number of carboxylic acids is 1. The second-order valence-electron chi connectivity index (χ2n) is 6.67. The zero-order valence-corrected chi connectivity index (χ0v) is 16.1. The standard InChI is InChI=1S/C15H16N6O3.C2HF3O2/c1-8-13(10-2-3-16-4-9(10)5-17-8)14-19-12(24-20-14)7-21-6-11(22)18-15(21)23;3-2(4,5)1(6)7/h5,16H,2-4,6-7H2,1H3,(H,18,22,23);(H,6,7). The molecule has 0 bridgehead atoms. The van der Waals surface area contributed by atoms with Gasteiger partial charge in [0.25, 0.3) is 0 Å². The Morgan fingerprint density at radius 2 is 2.06 bits per heavy atom. The quantitative estimate of drug-likeness (QED) is 0.586. The number of aryl methyl sites for hydroxylation is 1. The van der Waals surface area contributed by atoms with E-state index in [-0.39, 0.29) is 19.0 Å². The van der Waals surface area contributed by atoms with Gasteiger partial charge in [-0.15, -0.1) is 0 Å². The Morgan fingerprint density at radius 1 is 1.35 bits per heavy atom. The van der Waals surface area contributed by atoms with Crippen molar-refractivity contribution in [2.45, 2.75) is 32.6 Å². The van der Waals surface area contributed by atoms with Crippen LogP contribution in [0.5, 0.6) is 0 Å². The summed E-state index contributed by atoms with van der Waals surface area (Å²) in [6, 6.07) is -0.444. The summed E-state index contributed by atoms with van der Waals surface area (Å²) in [5.74, 6) is -2.32. The number of halogens is 3. The van der Waals surface area contributed by atoms with Crippen molar-refractivity contribution in [3.63, 3.8) is 0 Å². The number of nitrogens with zero attached hydrogens (tertiary/aromatic N) is 4. The van der Waals surface area contributed by atoms with Crippen molar-refractivity contribution in [3.8, 4) is 11.4 Å². The van der Waals surface area contributed by atoms with E-state index in [0.717, 1.165) is 36.3 Å². The average Bonchev–Trinajstić information content (AvgIpc) is 3.27. The van der Waals surface area contributed by atoms with Crippen LogP contribution >= 0.6 is 0 Å². The van der Waals surface area contributed by atoms with E-state index < -0.39 is 18.2 Å². The fourth-order valence-electron chi connectivity index (χ4n) is 3.06. The lowest BCUT2D eigenvalue weighted by Gasteiger charge is -2.19. The van der Waals surface area contributed by atoms with Crippen LogP contribution in [0.25, 0.3) is 11.4 Å². The van der Waals surface area contributed by atoms with E-state index in [1.165, 1.54) is 10.5 Å². The Kier molecular flexibility index (Phi) is 6.19. The van der Waals surface area contributed by atoms with Gasteiger partial charge in [-0.1, -0.05) is 5.16 Å². The minimum absolute atomic E-state index is 0.00351. The molecule has 3 N–H and O–H groups in total. The summed E-state index contributed by atoms with van der Waals surface area (Å²) < 4.78 is 37.0. The number of aromatic nitrogens is 3. The highest BCUT2D eigenvalue weighted by Gasteiger charge is 2.38. The number of pyridine rings is 1. The van der Waals surface area contributed by atoms with E-state index in [1.54, 1.807) is 0 Å². The summed E-state index contributed by atoms with van der Waals surface area (Å²) in [6.07, 6.45) is -2.33. The predicted molar refractivity (Wildman–Crippen MR) is 95.3 cm³/mol. The summed E-state index contributed by atoms with van der Waals surface area (Å²) >= 11 is 0. The monoisotopic (exact) mass is 442 g/mol. The van der Waals surface area contributed by atoms with Gasteiger partial charge in [-0.3, -0.25) is 15.1 Å². The number of hydrogen-bond donors (Lipinski definition) is 3. The molecule has 1 fully saturated rings. The van der Waals surface area contributed by atoms with Crippen LogP contribution in [-0.2, 0) is 29.1 Å². The minimum Gasteiger partial charge on any atom is -0.475 e. The molecule has 0 spiro atoms. The van der Waals surface area contributed by atoms with Gasteiger partial charge >= 0.3 is 18.2 Å². The summed E-state index contributed by atoms with van der Waals surface area (Å²) in [7, 11) is 0. The zero-order valence-electron chi connectivity index (χ0n) is 16.1. The van der Waals surface area contributed by atoms with Crippen LogP contribution in [0.1, 0.15) is 22.7 Å². The molecule has 166 valence electrons. The van der Waals surface area contributed by atoms with E-state index in [0.29, 0.717) is 11.7 Å². The molecule has 4 heterocycles. The first-order valence-electron chi connectivity index (χ1n) is 8.96. The van der Waals surface area contributed by atoms with Gasteiger partial charge in [-0.25, -0.2) is 9.59 Å². The fraction of sp³-hybridized carbons (Fsp3) is 0.412. The average molecular weight is 442 g/mol. The Balaban J connectivity index is 0.000000339. The maximum absolute atomic E-state index is 11.6. The van der Waals surface area contributed by atoms with Gasteiger partial charge in [-0.05, 0) is 31.0 Å². The Bertz CT molecular complexity index is 1020. The molecule has 2 aromatic heterocycles. The van der Waals surface area contributed by atoms with Crippen LogP contribution in [-0.4, -0.2) is 62.3 Å². The van der Waals surface area contributed by atoms with E-state index >= 15 is 0 Å². The molecule has 3 amide bonds. The molecule has 0 atom stereocenters. The number of alkyl halides is 3. The van der Waals surface area contributed by atoms with E-state index in [9.17, 15) is 22.8 Å². The van der Waals surface area contributed by atoms with Gasteiger partial charge in [0.15, 0.2) is 0 Å². The number of hydrogen-bond acceptors (Lipinski definition) is 8. The van der Waals surface area contributed by atoms with Crippen molar-refractivity contribution in [2.24, 2.45) is 0 Å². The van der Waals surface area contributed by atoms with Gasteiger partial charge in [0.05, 0.1) is 0 Å². The SMILES string of the molecule is Cc1ncc2c(c1-c1noc(CN3CC(=O)NC3=O)n1)CCNC2.O=C(O)C(F)(F)F. The maximum atomic E-state index is 11.6. The smallest absolute Gasteiger partial charge is 0.475 e. The number of urea groups is 1. The van der Waals surface area contributed by atoms with Crippen molar-refractivity contribution >= 4 is 17.9 Å². The molecule has 0 radical (unpaired) electrons. The Morgan fingerprint density at radius 3 is 2.68 bits per heavy atom. The zero-order chi connectivity index (χ0) is 22.8. The lowest BCUT2D eigenvalue weighted by Crippen LogP contribution is -2.27. The predicted octanol–water partition coefficient (Wildman–Crippen LogP) is 0.771. The largest absolute Gasteiger partial charge is 0.490 e. The molecule has 2 aliphatic rings. The number of carbonyl (C=O) groups excluding carboxylic acids is 2. The third-order valence-corrected chi connectivity index (χ3v) is 4.46. The molecule has 2 aromatic rings. The number of aliphatic carboxylic acids is 1. The summed E-state index contributed by atoms with van der Waals surface area (Å²) in [6.45, 7) is 3.69. The van der Waals surface area contributed by atoms with Crippen LogP contribution < -0.4 is 10.6 Å². The van der Waals surface area contributed by atoms with Crippen LogP contribution in [0.2, 0.25) is 0 Å². The lowest BCUT2D eigenvalue weighted by molar-refractivity contribution is -0.192. The molecule has 0 saturated carbocycles. The maximum Gasteiger partial charge on any atom is 0.490 e. The number of fused-ring (bicyclic) bond motifs is 1. The first-order valence-corrected chi connectivity index (χ1v) is 8.96. The molecule has 2 aliphatic heterocycles. The molecule has 1 saturated heterocycles. The third-order valence-electron chi connectivity index (χ3n) is 4.46. The first-order chi connectivity index (χ1) is 14.6. The van der Waals surface area contributed by atoms with Crippen LogP contribution in [0.15, 0.2) is 10.7 Å². The van der Waals surface area contributed by atoms with Gasteiger partial charge in [0, 0.05) is 24.0 Å². The second kappa shape index (κ2) is 8.67. The summed E-state index contributed by atoms with van der Waals surface area (Å²) in [5.41, 5.74) is 4.06. The van der Waals surface area contributed by atoms with Crippen LogP contribution in [0.3, 0.4) is 0 Å². The second-order valence-corrected chi connectivity index (χ2v) is 6.67. The Hall–Kier alpha value is -3.55. The normalized spacial score (nSPS) is 15.8. The molecular weight excluding hydrogens is 425 g/mol. The van der Waals surface area contributed by atoms with Crippen molar-refractivity contribution < 1.29 is 37.2 Å².